The van der Waals surface area contributed by atoms with Crippen LogP contribution in [0.25, 0.3) is 22.4 Å². The lowest BCUT2D eigenvalue weighted by atomic mass is 10.00. The minimum absolute atomic E-state index is 0.252. The lowest BCUT2D eigenvalue weighted by molar-refractivity contribution is -0.275. The minimum atomic E-state index is -5.06. The molecular formula is C19H14ClF3N2O3S. The molecule has 0 aliphatic carbocycles. The molecule has 0 unspecified atom stereocenters. The quantitative estimate of drug-likeness (QED) is 0.564. The summed E-state index contributed by atoms with van der Waals surface area (Å²) in [6.07, 6.45) is -1.28. The number of benzene rings is 1. The first-order chi connectivity index (χ1) is 13.4. The van der Waals surface area contributed by atoms with Crippen molar-refractivity contribution in [2.45, 2.75) is 18.2 Å². The van der Waals surface area contributed by atoms with E-state index in [4.69, 9.17) is 11.6 Å². The summed E-state index contributed by atoms with van der Waals surface area (Å²) in [5.41, 5.74) is 2.47. The normalized spacial score (nSPS) is 12.1. The van der Waals surface area contributed by atoms with Crippen molar-refractivity contribution in [2.75, 3.05) is 6.26 Å². The van der Waals surface area contributed by atoms with Gasteiger partial charge in [-0.25, -0.2) is 8.42 Å². The zero-order valence-corrected chi connectivity index (χ0v) is 16.7. The molecule has 0 radical (unpaired) electrons. The number of hydrogen-bond donors (Lipinski definition) is 0. The summed E-state index contributed by atoms with van der Waals surface area (Å²) in [6.45, 7) is 1.81. The van der Waals surface area contributed by atoms with Crippen LogP contribution in [0, 0.1) is 6.92 Å². The number of aromatic nitrogens is 2. The predicted octanol–water partition coefficient (Wildman–Crippen LogP) is 5.07. The van der Waals surface area contributed by atoms with E-state index in [1.54, 1.807) is 18.3 Å². The third-order valence-corrected chi connectivity index (χ3v) is 5.26. The average molecular weight is 443 g/mol. The number of ether oxygens (including phenoxy) is 1. The van der Waals surface area contributed by atoms with Gasteiger partial charge in [0.2, 0.25) is 0 Å². The van der Waals surface area contributed by atoms with Crippen LogP contribution < -0.4 is 4.74 Å². The van der Waals surface area contributed by atoms with Crippen LogP contribution in [-0.4, -0.2) is 31.0 Å². The first kappa shape index (κ1) is 21.1. The lowest BCUT2D eigenvalue weighted by Gasteiger charge is -2.15. The summed E-state index contributed by atoms with van der Waals surface area (Å²) >= 11 is 6.04. The molecule has 0 amide bonds. The standard InChI is InChI=1S/C19H14ClF3N2O3S/c1-11-3-4-13(9-24-11)18-15(8-14(20)10-25-18)12-5-6-17(29(2,26)27)16(7-12)28-19(21,22)23/h3-10H,1-2H3. The first-order valence-corrected chi connectivity index (χ1v) is 10.4. The van der Waals surface area contributed by atoms with Crippen LogP contribution in [0.4, 0.5) is 13.2 Å². The molecule has 0 fully saturated rings. The molecule has 0 N–H and O–H groups in total. The van der Waals surface area contributed by atoms with Gasteiger partial charge in [-0.3, -0.25) is 9.97 Å². The van der Waals surface area contributed by atoms with E-state index in [1.807, 2.05) is 6.92 Å². The Bertz CT molecular complexity index is 1160. The molecule has 3 aromatic rings. The molecule has 0 aliphatic heterocycles. The Morgan fingerprint density at radius 1 is 1.00 bits per heavy atom. The number of rotatable bonds is 4. The predicted molar refractivity (Wildman–Crippen MR) is 102 cm³/mol. The monoisotopic (exact) mass is 442 g/mol. The number of nitrogens with zero attached hydrogens (tertiary/aromatic N) is 2. The van der Waals surface area contributed by atoms with Gasteiger partial charge in [-0.05, 0) is 42.8 Å². The molecule has 0 aliphatic rings. The van der Waals surface area contributed by atoms with Crippen molar-refractivity contribution in [1.82, 2.24) is 9.97 Å². The van der Waals surface area contributed by atoms with E-state index in [0.29, 0.717) is 16.8 Å². The first-order valence-electron chi connectivity index (χ1n) is 8.13. The van der Waals surface area contributed by atoms with Crippen molar-refractivity contribution in [3.8, 4) is 28.1 Å². The third-order valence-electron chi connectivity index (χ3n) is 3.92. The smallest absolute Gasteiger partial charge is 0.404 e. The van der Waals surface area contributed by atoms with E-state index in [-0.39, 0.29) is 10.6 Å². The number of pyridine rings is 2. The molecule has 3 rings (SSSR count). The molecule has 10 heteroatoms. The maximum absolute atomic E-state index is 12.8. The second kappa shape index (κ2) is 7.64. The Balaban J connectivity index is 2.22. The highest BCUT2D eigenvalue weighted by Crippen LogP contribution is 2.37. The maximum Gasteiger partial charge on any atom is 0.573 e. The summed E-state index contributed by atoms with van der Waals surface area (Å²) in [5, 5.41) is 0.259. The van der Waals surface area contributed by atoms with Crippen molar-refractivity contribution >= 4 is 21.4 Å². The Morgan fingerprint density at radius 2 is 1.69 bits per heavy atom. The van der Waals surface area contributed by atoms with Gasteiger partial charge in [-0.2, -0.15) is 0 Å². The molecule has 1 aromatic carbocycles. The SMILES string of the molecule is Cc1ccc(-c2ncc(Cl)cc2-c2ccc(S(C)(=O)=O)c(OC(F)(F)F)c2)cn1. The van der Waals surface area contributed by atoms with Gasteiger partial charge >= 0.3 is 6.36 Å². The highest BCUT2D eigenvalue weighted by molar-refractivity contribution is 7.90. The van der Waals surface area contributed by atoms with Gasteiger partial charge in [0.15, 0.2) is 9.84 Å². The number of sulfone groups is 1. The van der Waals surface area contributed by atoms with Crippen LogP contribution >= 0.6 is 11.6 Å². The maximum atomic E-state index is 12.8. The van der Waals surface area contributed by atoms with Crippen LogP contribution in [0.2, 0.25) is 5.02 Å². The second-order valence-corrected chi connectivity index (χ2v) is 8.64. The van der Waals surface area contributed by atoms with E-state index >= 15 is 0 Å². The van der Waals surface area contributed by atoms with E-state index < -0.39 is 26.8 Å². The average Bonchev–Trinajstić information content (AvgIpc) is 2.60. The van der Waals surface area contributed by atoms with E-state index in [1.165, 1.54) is 18.3 Å². The van der Waals surface area contributed by atoms with E-state index in [0.717, 1.165) is 24.1 Å². The molecule has 0 saturated heterocycles. The van der Waals surface area contributed by atoms with Crippen LogP contribution in [0.3, 0.4) is 0 Å². The zero-order valence-electron chi connectivity index (χ0n) is 15.2. The van der Waals surface area contributed by atoms with Gasteiger partial charge in [-0.1, -0.05) is 17.7 Å². The molecule has 2 aromatic heterocycles. The van der Waals surface area contributed by atoms with Gasteiger partial charge in [0.25, 0.3) is 0 Å². The number of halogens is 4. The van der Waals surface area contributed by atoms with Crippen molar-refractivity contribution in [3.05, 3.63) is 59.5 Å². The molecule has 29 heavy (non-hydrogen) atoms. The van der Waals surface area contributed by atoms with Gasteiger partial charge in [0.05, 0.1) is 10.7 Å². The molecule has 0 bridgehead atoms. The molecular weight excluding hydrogens is 429 g/mol. The van der Waals surface area contributed by atoms with Crippen molar-refractivity contribution in [1.29, 1.82) is 0 Å². The van der Waals surface area contributed by atoms with Gasteiger partial charge < -0.3 is 4.74 Å². The van der Waals surface area contributed by atoms with Crippen LogP contribution in [0.5, 0.6) is 5.75 Å². The largest absolute Gasteiger partial charge is 0.573 e. The fourth-order valence-electron chi connectivity index (χ4n) is 2.68. The van der Waals surface area contributed by atoms with Crippen molar-refractivity contribution in [2.24, 2.45) is 0 Å². The van der Waals surface area contributed by atoms with Gasteiger partial charge in [0, 0.05) is 35.5 Å². The second-order valence-electron chi connectivity index (χ2n) is 6.22. The summed E-state index contributed by atoms with van der Waals surface area (Å²) in [6, 6.07) is 8.49. The fourth-order valence-corrected chi connectivity index (χ4v) is 3.62. The topological polar surface area (TPSA) is 69.2 Å². The third kappa shape index (κ3) is 5.04. The summed E-state index contributed by atoms with van der Waals surface area (Å²) < 4.78 is 66.2. The van der Waals surface area contributed by atoms with Crippen LogP contribution in [0.1, 0.15) is 5.69 Å². The Kier molecular flexibility index (Phi) is 5.55. The number of hydrogen-bond acceptors (Lipinski definition) is 5. The number of aryl methyl sites for hydroxylation is 1. The van der Waals surface area contributed by atoms with Crippen LogP contribution in [0.15, 0.2) is 53.7 Å². The Labute approximate surface area is 170 Å². The van der Waals surface area contributed by atoms with E-state index in [9.17, 15) is 21.6 Å². The fraction of sp³-hybridized carbons (Fsp3) is 0.158. The Morgan fingerprint density at radius 3 is 2.28 bits per heavy atom. The molecule has 152 valence electrons. The zero-order chi connectivity index (χ0) is 21.4. The van der Waals surface area contributed by atoms with Crippen molar-refractivity contribution in [3.63, 3.8) is 0 Å². The van der Waals surface area contributed by atoms with E-state index in [2.05, 4.69) is 14.7 Å². The van der Waals surface area contributed by atoms with Crippen molar-refractivity contribution < 1.29 is 26.3 Å². The summed E-state index contributed by atoms with van der Waals surface area (Å²) in [7, 11) is -3.96. The molecule has 0 saturated carbocycles. The minimum Gasteiger partial charge on any atom is -0.404 e. The summed E-state index contributed by atoms with van der Waals surface area (Å²) in [4.78, 5) is 7.90. The molecule has 5 nitrogen and oxygen atoms in total. The molecule has 0 spiro atoms. The highest BCUT2D eigenvalue weighted by atomic mass is 35.5. The van der Waals surface area contributed by atoms with Gasteiger partial charge in [0.1, 0.15) is 10.6 Å². The van der Waals surface area contributed by atoms with Gasteiger partial charge in [-0.15, -0.1) is 13.2 Å². The highest BCUT2D eigenvalue weighted by Gasteiger charge is 2.33. The number of alkyl halides is 3. The van der Waals surface area contributed by atoms with Crippen LogP contribution in [-0.2, 0) is 9.84 Å². The molecule has 2 heterocycles. The summed E-state index contributed by atoms with van der Waals surface area (Å²) in [5.74, 6) is -0.828. The Hall–Kier alpha value is -2.65. The lowest BCUT2D eigenvalue weighted by Crippen LogP contribution is -2.19. The molecule has 0 atom stereocenters.